The zero-order valence-electron chi connectivity index (χ0n) is 9.92. The van der Waals surface area contributed by atoms with Crippen LogP contribution in [-0.2, 0) is 14.8 Å². The van der Waals surface area contributed by atoms with E-state index in [1.165, 1.54) is 12.1 Å². The lowest BCUT2D eigenvalue weighted by Crippen LogP contribution is -2.44. The molecule has 0 radical (unpaired) electrons. The van der Waals surface area contributed by atoms with Gasteiger partial charge in [-0.05, 0) is 18.1 Å². The number of rotatable bonds is 5. The minimum Gasteiger partial charge on any atom is -0.480 e. The number of benzene rings is 1. The van der Waals surface area contributed by atoms with Crippen molar-refractivity contribution in [3.05, 3.63) is 30.1 Å². The van der Waals surface area contributed by atoms with Crippen LogP contribution in [0.2, 0.25) is 0 Å². The first kappa shape index (κ1) is 14.6. The summed E-state index contributed by atoms with van der Waals surface area (Å²) in [4.78, 5) is 10.4. The number of halogens is 1. The fraction of sp³-hybridized carbons (Fsp3) is 0.364. The normalized spacial score (nSPS) is 13.6. The van der Waals surface area contributed by atoms with Crippen molar-refractivity contribution in [1.82, 2.24) is 4.72 Å². The molecule has 0 saturated carbocycles. The Bertz CT molecular complexity index is 542. The maximum atomic E-state index is 13.4. The lowest BCUT2D eigenvalue weighted by atomic mass is 10.1. The maximum absolute atomic E-state index is 13.4. The Morgan fingerprint density at radius 1 is 1.33 bits per heavy atom. The molecule has 1 rings (SSSR count). The number of hydrogen-bond acceptors (Lipinski definition) is 3. The number of carboxylic acid groups (broad SMARTS) is 1. The molecule has 2 N–H and O–H groups in total. The molecule has 0 aromatic heterocycles. The van der Waals surface area contributed by atoms with Gasteiger partial charge in [0, 0.05) is 0 Å². The highest BCUT2D eigenvalue weighted by Crippen LogP contribution is 2.15. The fourth-order valence-corrected chi connectivity index (χ4v) is 2.78. The molecular weight excluding hydrogens is 261 g/mol. The molecule has 18 heavy (non-hydrogen) atoms. The Balaban J connectivity index is 3.09. The van der Waals surface area contributed by atoms with Crippen LogP contribution in [0.4, 0.5) is 4.39 Å². The standard InChI is InChI=1S/C11H14FNO4S/c1-7(2)10(11(14)15)13-18(16,17)9-6-4-3-5-8(9)12/h3-7,10,13H,1-2H3,(H,14,15). The Hall–Kier alpha value is -1.47. The summed E-state index contributed by atoms with van der Waals surface area (Å²) in [6, 6.07) is 3.50. The van der Waals surface area contributed by atoms with E-state index in [-0.39, 0.29) is 0 Å². The highest BCUT2D eigenvalue weighted by atomic mass is 32.2. The van der Waals surface area contributed by atoms with Gasteiger partial charge in [0.05, 0.1) is 0 Å². The summed E-state index contributed by atoms with van der Waals surface area (Å²) in [6.45, 7) is 3.12. The van der Waals surface area contributed by atoms with Gasteiger partial charge in [-0.2, -0.15) is 4.72 Å². The van der Waals surface area contributed by atoms with E-state index in [2.05, 4.69) is 0 Å². The van der Waals surface area contributed by atoms with Gasteiger partial charge in [-0.1, -0.05) is 26.0 Å². The Labute approximate surface area is 105 Å². The average Bonchev–Trinajstić information content (AvgIpc) is 2.25. The minimum absolute atomic E-state index is 0.455. The summed E-state index contributed by atoms with van der Waals surface area (Å²) in [5.41, 5.74) is 0. The summed E-state index contributed by atoms with van der Waals surface area (Å²) < 4.78 is 39.1. The van der Waals surface area contributed by atoms with E-state index in [0.717, 1.165) is 12.1 Å². The van der Waals surface area contributed by atoms with Crippen molar-refractivity contribution in [2.45, 2.75) is 24.8 Å². The van der Waals surface area contributed by atoms with Gasteiger partial charge in [0.1, 0.15) is 16.8 Å². The fourth-order valence-electron chi connectivity index (χ4n) is 1.36. The van der Waals surface area contributed by atoms with Crippen LogP contribution < -0.4 is 4.72 Å². The molecule has 100 valence electrons. The van der Waals surface area contributed by atoms with Crippen molar-refractivity contribution in [2.24, 2.45) is 5.92 Å². The molecule has 1 unspecified atom stereocenters. The van der Waals surface area contributed by atoms with Crippen molar-refractivity contribution in [1.29, 1.82) is 0 Å². The van der Waals surface area contributed by atoms with Crippen LogP contribution in [0.3, 0.4) is 0 Å². The molecule has 7 heteroatoms. The van der Waals surface area contributed by atoms with Crippen LogP contribution in [-0.4, -0.2) is 25.5 Å². The second-order valence-corrected chi connectivity index (χ2v) is 5.79. The third-order valence-corrected chi connectivity index (χ3v) is 3.82. The molecule has 5 nitrogen and oxygen atoms in total. The molecular formula is C11H14FNO4S. The second kappa shape index (κ2) is 5.45. The third-order valence-electron chi connectivity index (χ3n) is 2.34. The van der Waals surface area contributed by atoms with E-state index in [1.807, 2.05) is 4.72 Å². The van der Waals surface area contributed by atoms with Crippen molar-refractivity contribution < 1.29 is 22.7 Å². The van der Waals surface area contributed by atoms with Gasteiger partial charge < -0.3 is 5.11 Å². The van der Waals surface area contributed by atoms with Gasteiger partial charge >= 0.3 is 5.97 Å². The Morgan fingerprint density at radius 3 is 2.33 bits per heavy atom. The smallest absolute Gasteiger partial charge is 0.322 e. The van der Waals surface area contributed by atoms with E-state index in [0.29, 0.717) is 0 Å². The molecule has 0 saturated heterocycles. The molecule has 0 heterocycles. The van der Waals surface area contributed by atoms with Crippen molar-refractivity contribution in [3.63, 3.8) is 0 Å². The first-order valence-electron chi connectivity index (χ1n) is 5.25. The highest BCUT2D eigenvalue weighted by molar-refractivity contribution is 7.89. The van der Waals surface area contributed by atoms with E-state index < -0.39 is 38.7 Å². The summed E-state index contributed by atoms with van der Waals surface area (Å²) in [6.07, 6.45) is 0. The molecule has 0 amide bonds. The third kappa shape index (κ3) is 3.27. The second-order valence-electron chi connectivity index (χ2n) is 4.11. The number of sulfonamides is 1. The predicted molar refractivity (Wildman–Crippen MR) is 63.0 cm³/mol. The molecule has 0 spiro atoms. The molecule has 0 aliphatic carbocycles. The van der Waals surface area contributed by atoms with Crippen LogP contribution >= 0.6 is 0 Å². The monoisotopic (exact) mass is 275 g/mol. The minimum atomic E-state index is -4.19. The highest BCUT2D eigenvalue weighted by Gasteiger charge is 2.29. The van der Waals surface area contributed by atoms with Crippen molar-refractivity contribution >= 4 is 16.0 Å². The molecule has 1 atom stereocenters. The topological polar surface area (TPSA) is 83.5 Å². The molecule has 1 aromatic rings. The summed E-state index contributed by atoms with van der Waals surface area (Å²) in [5, 5.41) is 8.90. The first-order valence-corrected chi connectivity index (χ1v) is 6.73. The van der Waals surface area contributed by atoms with E-state index in [9.17, 15) is 17.6 Å². The molecule has 0 aliphatic heterocycles. The first-order chi connectivity index (χ1) is 8.25. The number of carboxylic acids is 1. The van der Waals surface area contributed by atoms with Crippen molar-refractivity contribution in [3.8, 4) is 0 Å². The molecule has 0 bridgehead atoms. The zero-order valence-corrected chi connectivity index (χ0v) is 10.7. The average molecular weight is 275 g/mol. The molecule has 0 fully saturated rings. The SMILES string of the molecule is CC(C)C(NS(=O)(=O)c1ccccc1F)C(=O)O. The van der Waals surface area contributed by atoms with Crippen molar-refractivity contribution in [2.75, 3.05) is 0 Å². The summed E-state index contributed by atoms with van der Waals surface area (Å²) >= 11 is 0. The van der Waals surface area contributed by atoms with E-state index in [4.69, 9.17) is 5.11 Å². The lowest BCUT2D eigenvalue weighted by Gasteiger charge is -2.18. The van der Waals surface area contributed by atoms with Crippen LogP contribution in [0.25, 0.3) is 0 Å². The van der Waals surface area contributed by atoms with Crippen LogP contribution in [0.15, 0.2) is 29.2 Å². The Kier molecular flexibility index (Phi) is 4.42. The molecule has 0 aliphatic rings. The largest absolute Gasteiger partial charge is 0.480 e. The number of nitrogens with one attached hydrogen (secondary N) is 1. The van der Waals surface area contributed by atoms with Gasteiger partial charge in [-0.25, -0.2) is 12.8 Å². The predicted octanol–water partition coefficient (Wildman–Crippen LogP) is 1.21. The van der Waals surface area contributed by atoms with Gasteiger partial charge in [0.2, 0.25) is 10.0 Å². The van der Waals surface area contributed by atoms with Gasteiger partial charge in [0.25, 0.3) is 0 Å². The number of aliphatic carboxylic acids is 1. The lowest BCUT2D eigenvalue weighted by molar-refractivity contribution is -0.140. The number of carbonyl (C=O) groups is 1. The quantitative estimate of drug-likeness (QED) is 0.846. The van der Waals surface area contributed by atoms with Crippen LogP contribution in [0.1, 0.15) is 13.8 Å². The zero-order chi connectivity index (χ0) is 13.9. The number of hydrogen-bond donors (Lipinski definition) is 2. The van der Waals surface area contributed by atoms with Gasteiger partial charge in [-0.15, -0.1) is 0 Å². The van der Waals surface area contributed by atoms with Crippen LogP contribution in [0.5, 0.6) is 0 Å². The van der Waals surface area contributed by atoms with Crippen LogP contribution in [0, 0.1) is 11.7 Å². The molecule has 1 aromatic carbocycles. The summed E-state index contributed by atoms with van der Waals surface area (Å²) in [5.74, 6) is -2.67. The summed E-state index contributed by atoms with van der Waals surface area (Å²) in [7, 11) is -4.19. The van der Waals surface area contributed by atoms with Gasteiger partial charge in [-0.3, -0.25) is 4.79 Å². The van der Waals surface area contributed by atoms with E-state index >= 15 is 0 Å². The van der Waals surface area contributed by atoms with Gasteiger partial charge in [0.15, 0.2) is 0 Å². The maximum Gasteiger partial charge on any atom is 0.322 e. The van der Waals surface area contributed by atoms with E-state index in [1.54, 1.807) is 13.8 Å². The Morgan fingerprint density at radius 2 is 1.89 bits per heavy atom.